The minimum Gasteiger partial charge on any atom is -0.352 e. The van der Waals surface area contributed by atoms with Gasteiger partial charge in [-0.3, -0.25) is 4.79 Å². The van der Waals surface area contributed by atoms with Gasteiger partial charge in [-0.25, -0.2) is 18.4 Å². The molecular formula is C21H26F5N5O3. The molecule has 2 aliphatic rings. The predicted octanol–water partition coefficient (Wildman–Crippen LogP) is 2.44. The number of hydrogen-bond acceptors (Lipinski definition) is 3. The molecule has 0 bridgehead atoms. The number of nitrogens with two attached hydrogens (primary N) is 1. The fraction of sp³-hybridized carbons (Fsp3) is 0.571. The molecule has 0 aromatic heterocycles. The van der Waals surface area contributed by atoms with Gasteiger partial charge in [0, 0.05) is 31.6 Å². The van der Waals surface area contributed by atoms with Gasteiger partial charge in [-0.1, -0.05) is 12.1 Å². The molecule has 4 N–H and O–H groups in total. The summed E-state index contributed by atoms with van der Waals surface area (Å²) in [6, 6.07) is 0.675. The third-order valence-electron chi connectivity index (χ3n) is 6.07. The molecule has 2 atom stereocenters. The molecule has 0 saturated carbocycles. The van der Waals surface area contributed by atoms with Gasteiger partial charge in [0.25, 0.3) is 0 Å². The van der Waals surface area contributed by atoms with E-state index in [1.165, 1.54) is 17.0 Å². The molecule has 2 saturated heterocycles. The first-order valence-corrected chi connectivity index (χ1v) is 10.9. The number of carbonyl (C=O) groups excluding carboxylic acids is 3. The second-order valence-electron chi connectivity index (χ2n) is 8.52. The summed E-state index contributed by atoms with van der Waals surface area (Å²) < 4.78 is 67.5. The van der Waals surface area contributed by atoms with Crippen LogP contribution in [-0.4, -0.2) is 72.2 Å². The predicted molar refractivity (Wildman–Crippen MR) is 111 cm³/mol. The van der Waals surface area contributed by atoms with Crippen molar-refractivity contribution in [3.05, 3.63) is 35.4 Å². The Bertz CT molecular complexity index is 921. The number of rotatable bonds is 4. The summed E-state index contributed by atoms with van der Waals surface area (Å²) in [6.07, 6.45) is -3.84. The Kier molecular flexibility index (Phi) is 7.82. The van der Waals surface area contributed by atoms with Crippen molar-refractivity contribution in [2.75, 3.05) is 26.2 Å². The van der Waals surface area contributed by atoms with Crippen molar-refractivity contribution in [3.63, 3.8) is 0 Å². The topological polar surface area (TPSA) is 108 Å². The third-order valence-corrected chi connectivity index (χ3v) is 6.07. The van der Waals surface area contributed by atoms with E-state index in [0.717, 1.165) is 6.07 Å². The number of hydrogen-bond donors (Lipinski definition) is 3. The van der Waals surface area contributed by atoms with Crippen molar-refractivity contribution in [2.45, 2.75) is 49.9 Å². The molecule has 13 heteroatoms. The second-order valence-corrected chi connectivity index (χ2v) is 8.52. The number of halogens is 5. The maximum atomic E-state index is 14.3. The lowest BCUT2D eigenvalue weighted by Crippen LogP contribution is -2.55. The van der Waals surface area contributed by atoms with Gasteiger partial charge in [0.15, 0.2) is 11.6 Å². The first-order chi connectivity index (χ1) is 15.9. The molecule has 2 fully saturated rings. The van der Waals surface area contributed by atoms with E-state index in [1.807, 2.05) is 0 Å². The van der Waals surface area contributed by atoms with Gasteiger partial charge in [-0.2, -0.15) is 13.2 Å². The van der Waals surface area contributed by atoms with Gasteiger partial charge in [0.2, 0.25) is 5.91 Å². The van der Waals surface area contributed by atoms with Crippen LogP contribution in [0.3, 0.4) is 0 Å². The van der Waals surface area contributed by atoms with Gasteiger partial charge in [-0.15, -0.1) is 0 Å². The molecule has 0 radical (unpaired) electrons. The highest BCUT2D eigenvalue weighted by Gasteiger charge is 2.40. The largest absolute Gasteiger partial charge is 0.406 e. The van der Waals surface area contributed by atoms with Crippen LogP contribution in [0.25, 0.3) is 0 Å². The summed E-state index contributed by atoms with van der Waals surface area (Å²) in [7, 11) is 0. The van der Waals surface area contributed by atoms with Crippen LogP contribution >= 0.6 is 0 Å². The van der Waals surface area contributed by atoms with Crippen LogP contribution in [0.15, 0.2) is 18.2 Å². The zero-order valence-corrected chi connectivity index (χ0v) is 18.2. The molecule has 188 valence electrons. The van der Waals surface area contributed by atoms with Crippen molar-refractivity contribution in [3.8, 4) is 0 Å². The molecular weight excluding hydrogens is 465 g/mol. The highest BCUT2D eigenvalue weighted by atomic mass is 19.4. The molecule has 3 rings (SSSR count). The summed E-state index contributed by atoms with van der Waals surface area (Å²) in [5.41, 5.74) is 4.97. The number of benzene rings is 1. The number of nitrogens with zero attached hydrogens (tertiary/aromatic N) is 2. The minimum atomic E-state index is -4.71. The van der Waals surface area contributed by atoms with Gasteiger partial charge in [0.1, 0.15) is 12.6 Å². The molecule has 8 nitrogen and oxygen atoms in total. The summed E-state index contributed by atoms with van der Waals surface area (Å²) in [5, 5.41) is 5.05. The zero-order chi connectivity index (χ0) is 25.0. The number of urea groups is 2. The van der Waals surface area contributed by atoms with Crippen molar-refractivity contribution in [2.24, 2.45) is 5.73 Å². The molecule has 0 unspecified atom stereocenters. The molecule has 1 aromatic rings. The molecule has 34 heavy (non-hydrogen) atoms. The highest BCUT2D eigenvalue weighted by Crippen LogP contribution is 2.31. The van der Waals surface area contributed by atoms with Crippen molar-refractivity contribution in [1.29, 1.82) is 0 Å². The van der Waals surface area contributed by atoms with Gasteiger partial charge >= 0.3 is 18.2 Å². The van der Waals surface area contributed by atoms with Crippen molar-refractivity contribution in [1.82, 2.24) is 20.4 Å². The SMILES string of the molecule is NC(=O)NC1CCN(C(=O)N[C@H]2CC[C@@H](c3cccc(F)c3F)CN(CC(F)(F)F)C2=O)CC1. The van der Waals surface area contributed by atoms with E-state index < -0.39 is 60.8 Å². The number of piperidine rings is 1. The standard InChI is InChI=1S/C21H26F5N5O3/c22-15-3-1-2-14(17(15)23)12-4-5-16(18(32)31(10-12)11-21(24,25)26)29-20(34)30-8-6-13(7-9-30)28-19(27)33/h1-3,12-13,16H,4-11H2,(H,29,34)(H3,27,28,33)/t12-,16+/m1/s1. The number of carbonyl (C=O) groups is 3. The highest BCUT2D eigenvalue weighted by molar-refractivity contribution is 5.87. The number of amides is 5. The fourth-order valence-electron chi connectivity index (χ4n) is 4.41. The van der Waals surface area contributed by atoms with E-state index >= 15 is 0 Å². The van der Waals surface area contributed by atoms with E-state index in [2.05, 4.69) is 10.6 Å². The number of primary amides is 1. The van der Waals surface area contributed by atoms with Crippen LogP contribution in [0.2, 0.25) is 0 Å². The minimum absolute atomic E-state index is 0.0424. The van der Waals surface area contributed by atoms with Crippen LogP contribution in [0.4, 0.5) is 31.5 Å². The Morgan fingerprint density at radius 3 is 2.35 bits per heavy atom. The average Bonchev–Trinajstić information content (AvgIpc) is 2.89. The van der Waals surface area contributed by atoms with Crippen LogP contribution in [0.5, 0.6) is 0 Å². The first-order valence-electron chi connectivity index (χ1n) is 10.9. The van der Waals surface area contributed by atoms with E-state index in [4.69, 9.17) is 5.73 Å². The zero-order valence-electron chi connectivity index (χ0n) is 18.2. The number of nitrogens with one attached hydrogen (secondary N) is 2. The van der Waals surface area contributed by atoms with Gasteiger partial charge in [0.05, 0.1) is 0 Å². The van der Waals surface area contributed by atoms with E-state index in [9.17, 15) is 36.3 Å². The van der Waals surface area contributed by atoms with E-state index in [-0.39, 0.29) is 37.5 Å². The fourth-order valence-corrected chi connectivity index (χ4v) is 4.41. The molecule has 2 aliphatic heterocycles. The molecule has 2 heterocycles. The first kappa shape index (κ1) is 25.5. The number of likely N-dealkylation sites (tertiary alicyclic amines) is 2. The lowest BCUT2D eigenvalue weighted by Gasteiger charge is -2.33. The number of alkyl halides is 3. The maximum absolute atomic E-state index is 14.3. The smallest absolute Gasteiger partial charge is 0.352 e. The van der Waals surface area contributed by atoms with Crippen LogP contribution in [0, 0.1) is 11.6 Å². The van der Waals surface area contributed by atoms with Crippen molar-refractivity contribution >= 4 is 18.0 Å². The Labute approximate surface area is 192 Å². The average molecular weight is 491 g/mol. The maximum Gasteiger partial charge on any atom is 0.406 e. The Hall–Kier alpha value is -3.12. The summed E-state index contributed by atoms with van der Waals surface area (Å²) in [4.78, 5) is 38.5. The normalized spacial score (nSPS) is 22.3. The second kappa shape index (κ2) is 10.4. The van der Waals surface area contributed by atoms with Crippen LogP contribution < -0.4 is 16.4 Å². The third kappa shape index (κ3) is 6.48. The quantitative estimate of drug-likeness (QED) is 0.563. The van der Waals surface area contributed by atoms with Gasteiger partial charge < -0.3 is 26.2 Å². The van der Waals surface area contributed by atoms with Gasteiger partial charge in [-0.05, 0) is 37.3 Å². The molecule has 0 spiro atoms. The Balaban J connectivity index is 1.72. The summed E-state index contributed by atoms with van der Waals surface area (Å²) in [5.74, 6) is -4.11. The lowest BCUT2D eigenvalue weighted by atomic mass is 9.93. The van der Waals surface area contributed by atoms with Crippen molar-refractivity contribution < 1.29 is 36.3 Å². The lowest BCUT2D eigenvalue weighted by molar-refractivity contribution is -0.162. The van der Waals surface area contributed by atoms with Crippen LogP contribution in [0.1, 0.15) is 37.2 Å². The Morgan fingerprint density at radius 2 is 1.74 bits per heavy atom. The van der Waals surface area contributed by atoms with E-state index in [0.29, 0.717) is 17.7 Å². The van der Waals surface area contributed by atoms with E-state index in [1.54, 1.807) is 0 Å². The molecule has 1 aromatic carbocycles. The molecule has 0 aliphatic carbocycles. The summed E-state index contributed by atoms with van der Waals surface area (Å²) in [6.45, 7) is -1.53. The monoisotopic (exact) mass is 491 g/mol. The van der Waals surface area contributed by atoms with Crippen LogP contribution in [-0.2, 0) is 4.79 Å². The Morgan fingerprint density at radius 1 is 1.06 bits per heavy atom. The molecule has 5 amide bonds. The summed E-state index contributed by atoms with van der Waals surface area (Å²) >= 11 is 0.